The van der Waals surface area contributed by atoms with Crippen molar-refractivity contribution in [3.05, 3.63) is 42.2 Å². The number of methoxy groups -OCH3 is 1. The Morgan fingerprint density at radius 3 is 2.80 bits per heavy atom. The number of morpholine rings is 1. The van der Waals surface area contributed by atoms with Gasteiger partial charge in [0.1, 0.15) is 5.75 Å². The van der Waals surface area contributed by atoms with E-state index in [9.17, 15) is 0 Å². The van der Waals surface area contributed by atoms with E-state index in [4.69, 9.17) is 9.47 Å². The summed E-state index contributed by atoms with van der Waals surface area (Å²) in [5, 5.41) is 4.38. The molecule has 0 saturated carbocycles. The molecule has 6 heteroatoms. The molecule has 3 rings (SSSR count). The number of benzene rings is 1. The van der Waals surface area contributed by atoms with Crippen LogP contribution in [0.1, 0.15) is 12.5 Å². The van der Waals surface area contributed by atoms with Gasteiger partial charge in [-0.05, 0) is 43.8 Å². The lowest BCUT2D eigenvalue weighted by atomic mass is 10.1. The third-order valence-corrected chi connectivity index (χ3v) is 4.72. The molecule has 1 aliphatic rings. The molecule has 0 aliphatic carbocycles. The summed E-state index contributed by atoms with van der Waals surface area (Å²) in [5.41, 5.74) is 2.30. The second kappa shape index (κ2) is 8.47. The number of rotatable bonds is 7. The standard InChI is InChI=1S/C19H28N4O2/c1-16(22-9-11-25-12-10-22)14-21(2)15-17-13-18(24-3)5-6-19(17)23-8-4-7-20-23/h4-8,13,16H,9-12,14-15H2,1-3H3/t16-/m1/s1. The first-order chi connectivity index (χ1) is 12.2. The molecule has 0 amide bonds. The van der Waals surface area contributed by atoms with Gasteiger partial charge in [-0.3, -0.25) is 4.90 Å². The molecule has 0 radical (unpaired) electrons. The Morgan fingerprint density at radius 2 is 2.12 bits per heavy atom. The fraction of sp³-hybridized carbons (Fsp3) is 0.526. The van der Waals surface area contributed by atoms with Crippen LogP contribution in [0, 0.1) is 0 Å². The highest BCUT2D eigenvalue weighted by Crippen LogP contribution is 2.22. The molecular formula is C19H28N4O2. The van der Waals surface area contributed by atoms with Crippen LogP contribution in [0.25, 0.3) is 5.69 Å². The monoisotopic (exact) mass is 344 g/mol. The van der Waals surface area contributed by atoms with E-state index in [2.05, 4.69) is 41.0 Å². The summed E-state index contributed by atoms with van der Waals surface area (Å²) < 4.78 is 12.8. The van der Waals surface area contributed by atoms with Crippen LogP contribution >= 0.6 is 0 Å². The highest BCUT2D eigenvalue weighted by atomic mass is 16.5. The summed E-state index contributed by atoms with van der Waals surface area (Å²) in [6.07, 6.45) is 3.78. The van der Waals surface area contributed by atoms with Crippen LogP contribution in [0.5, 0.6) is 5.75 Å². The van der Waals surface area contributed by atoms with Crippen LogP contribution in [0.15, 0.2) is 36.7 Å². The van der Waals surface area contributed by atoms with Gasteiger partial charge in [-0.2, -0.15) is 5.10 Å². The highest BCUT2D eigenvalue weighted by molar-refractivity contribution is 5.45. The number of hydrogen-bond acceptors (Lipinski definition) is 5. The van der Waals surface area contributed by atoms with Crippen molar-refractivity contribution < 1.29 is 9.47 Å². The zero-order valence-corrected chi connectivity index (χ0v) is 15.4. The fourth-order valence-corrected chi connectivity index (χ4v) is 3.39. The van der Waals surface area contributed by atoms with Gasteiger partial charge in [-0.1, -0.05) is 0 Å². The topological polar surface area (TPSA) is 42.8 Å². The predicted octanol–water partition coefficient (Wildman–Crippen LogP) is 2.03. The van der Waals surface area contributed by atoms with Gasteiger partial charge in [-0.25, -0.2) is 4.68 Å². The molecule has 1 aromatic carbocycles. The van der Waals surface area contributed by atoms with Crippen LogP contribution in [0.4, 0.5) is 0 Å². The molecule has 0 N–H and O–H groups in total. The number of nitrogens with zero attached hydrogens (tertiary/aromatic N) is 4. The van der Waals surface area contributed by atoms with Crippen LogP contribution in [-0.2, 0) is 11.3 Å². The van der Waals surface area contributed by atoms with Gasteiger partial charge in [0.25, 0.3) is 0 Å². The second-order valence-corrected chi connectivity index (χ2v) is 6.64. The molecule has 0 bridgehead atoms. The Bertz CT molecular complexity index is 653. The molecule has 1 saturated heterocycles. The molecule has 0 unspecified atom stereocenters. The van der Waals surface area contributed by atoms with Crippen LogP contribution in [0.2, 0.25) is 0 Å². The minimum atomic E-state index is 0.507. The quantitative estimate of drug-likeness (QED) is 0.769. The minimum Gasteiger partial charge on any atom is -0.497 e. The molecular weight excluding hydrogens is 316 g/mol. The van der Waals surface area contributed by atoms with Crippen LogP contribution in [-0.4, -0.2) is 72.6 Å². The number of hydrogen-bond donors (Lipinski definition) is 0. The SMILES string of the molecule is COc1ccc(-n2cccn2)c(CN(C)C[C@@H](C)N2CCOCC2)c1. The first kappa shape index (κ1) is 17.9. The van der Waals surface area contributed by atoms with Crippen molar-refractivity contribution >= 4 is 0 Å². The Hall–Kier alpha value is -1.89. The van der Waals surface area contributed by atoms with Gasteiger partial charge in [-0.15, -0.1) is 0 Å². The van der Waals surface area contributed by atoms with E-state index in [1.165, 1.54) is 5.56 Å². The van der Waals surface area contributed by atoms with Gasteiger partial charge in [0, 0.05) is 44.6 Å². The molecule has 2 aromatic rings. The van der Waals surface area contributed by atoms with E-state index in [0.29, 0.717) is 6.04 Å². The maximum atomic E-state index is 5.45. The second-order valence-electron chi connectivity index (χ2n) is 6.64. The van der Waals surface area contributed by atoms with Gasteiger partial charge >= 0.3 is 0 Å². The normalized spacial score (nSPS) is 17.0. The maximum absolute atomic E-state index is 5.45. The van der Waals surface area contributed by atoms with Gasteiger partial charge in [0.2, 0.25) is 0 Å². The molecule has 0 spiro atoms. The largest absolute Gasteiger partial charge is 0.497 e. The summed E-state index contributed by atoms with van der Waals surface area (Å²) in [5.74, 6) is 0.875. The average Bonchev–Trinajstić information content (AvgIpc) is 3.16. The van der Waals surface area contributed by atoms with Gasteiger partial charge < -0.3 is 14.4 Å². The van der Waals surface area contributed by atoms with Crippen molar-refractivity contribution in [3.63, 3.8) is 0 Å². The van der Waals surface area contributed by atoms with Crippen molar-refractivity contribution in [1.29, 1.82) is 0 Å². The molecule has 136 valence electrons. The van der Waals surface area contributed by atoms with Crippen molar-refractivity contribution in [1.82, 2.24) is 19.6 Å². The third-order valence-electron chi connectivity index (χ3n) is 4.72. The Kier molecular flexibility index (Phi) is 6.07. The summed E-state index contributed by atoms with van der Waals surface area (Å²) in [6.45, 7) is 7.87. The molecule has 1 atom stereocenters. The van der Waals surface area contributed by atoms with E-state index in [1.807, 2.05) is 23.0 Å². The van der Waals surface area contributed by atoms with Crippen molar-refractivity contribution in [2.75, 3.05) is 47.0 Å². The summed E-state index contributed by atoms with van der Waals surface area (Å²) in [4.78, 5) is 4.86. The molecule has 1 aliphatic heterocycles. The first-order valence-corrected chi connectivity index (χ1v) is 8.84. The molecule has 1 aromatic heterocycles. The van der Waals surface area contributed by atoms with Gasteiger partial charge in [0.15, 0.2) is 0 Å². The third kappa shape index (κ3) is 4.60. The van der Waals surface area contributed by atoms with Crippen molar-refractivity contribution in [2.24, 2.45) is 0 Å². The van der Waals surface area contributed by atoms with E-state index < -0.39 is 0 Å². The lowest BCUT2D eigenvalue weighted by Crippen LogP contribution is -2.46. The van der Waals surface area contributed by atoms with E-state index in [-0.39, 0.29) is 0 Å². The van der Waals surface area contributed by atoms with E-state index in [0.717, 1.165) is 50.8 Å². The van der Waals surface area contributed by atoms with Crippen molar-refractivity contribution in [3.8, 4) is 11.4 Å². The lowest BCUT2D eigenvalue weighted by molar-refractivity contribution is 0.0137. The minimum absolute atomic E-state index is 0.507. The zero-order valence-electron chi connectivity index (χ0n) is 15.4. The van der Waals surface area contributed by atoms with Crippen LogP contribution < -0.4 is 4.74 Å². The summed E-state index contributed by atoms with van der Waals surface area (Å²) in [7, 11) is 3.88. The Balaban J connectivity index is 1.70. The molecule has 1 fully saturated rings. The lowest BCUT2D eigenvalue weighted by Gasteiger charge is -2.34. The predicted molar refractivity (Wildman–Crippen MR) is 98.3 cm³/mol. The smallest absolute Gasteiger partial charge is 0.119 e. The van der Waals surface area contributed by atoms with E-state index >= 15 is 0 Å². The number of ether oxygens (including phenoxy) is 2. The Labute approximate surface area is 149 Å². The molecule has 6 nitrogen and oxygen atoms in total. The number of likely N-dealkylation sites (N-methyl/N-ethyl adjacent to an activating group) is 1. The average molecular weight is 344 g/mol. The fourth-order valence-electron chi connectivity index (χ4n) is 3.39. The highest BCUT2D eigenvalue weighted by Gasteiger charge is 2.19. The zero-order chi connectivity index (χ0) is 17.6. The molecule has 25 heavy (non-hydrogen) atoms. The molecule has 2 heterocycles. The van der Waals surface area contributed by atoms with Crippen LogP contribution in [0.3, 0.4) is 0 Å². The maximum Gasteiger partial charge on any atom is 0.119 e. The number of aromatic nitrogens is 2. The Morgan fingerprint density at radius 1 is 1.32 bits per heavy atom. The summed E-state index contributed by atoms with van der Waals surface area (Å²) >= 11 is 0. The first-order valence-electron chi connectivity index (χ1n) is 8.84. The summed E-state index contributed by atoms with van der Waals surface area (Å²) in [6, 6.07) is 8.61. The van der Waals surface area contributed by atoms with Crippen molar-refractivity contribution in [2.45, 2.75) is 19.5 Å². The van der Waals surface area contributed by atoms with E-state index in [1.54, 1.807) is 13.3 Å². The van der Waals surface area contributed by atoms with Gasteiger partial charge in [0.05, 0.1) is 26.0 Å².